The monoisotopic (exact) mass is 249 g/mol. The van der Waals surface area contributed by atoms with Crippen LogP contribution in [0.3, 0.4) is 0 Å². The molecule has 4 nitrogen and oxygen atoms in total. The van der Waals surface area contributed by atoms with Crippen molar-refractivity contribution in [3.8, 4) is 0 Å². The largest absolute Gasteiger partial charge is 0.481 e. The van der Waals surface area contributed by atoms with E-state index in [0.717, 1.165) is 17.7 Å². The van der Waals surface area contributed by atoms with E-state index in [1.807, 2.05) is 38.1 Å². The minimum Gasteiger partial charge on any atom is -0.481 e. The number of carbonyl (C=O) groups is 2. The Kier molecular flexibility index (Phi) is 5.36. The summed E-state index contributed by atoms with van der Waals surface area (Å²) in [6, 6.07) is 7.46. The number of aryl methyl sites for hydroxylation is 1. The molecule has 0 fully saturated rings. The molecular weight excluding hydrogens is 230 g/mol. The smallest absolute Gasteiger partial charge is 0.304 e. The number of carboxylic acids is 1. The van der Waals surface area contributed by atoms with Gasteiger partial charge < -0.3 is 10.4 Å². The summed E-state index contributed by atoms with van der Waals surface area (Å²) in [5, 5.41) is 11.6. The molecule has 4 heteroatoms. The van der Waals surface area contributed by atoms with Crippen LogP contribution in [0.4, 0.5) is 5.69 Å². The van der Waals surface area contributed by atoms with Crippen LogP contribution >= 0.6 is 0 Å². The van der Waals surface area contributed by atoms with E-state index in [1.165, 1.54) is 0 Å². The van der Waals surface area contributed by atoms with Crippen molar-refractivity contribution in [2.24, 2.45) is 5.92 Å². The molecule has 1 rings (SSSR count). The maximum absolute atomic E-state index is 12.0. The highest BCUT2D eigenvalue weighted by Crippen LogP contribution is 2.18. The van der Waals surface area contributed by atoms with Crippen LogP contribution in [-0.2, 0) is 9.59 Å². The summed E-state index contributed by atoms with van der Waals surface area (Å²) >= 11 is 0. The summed E-state index contributed by atoms with van der Waals surface area (Å²) in [6.07, 6.45) is 1.26. The molecule has 0 aliphatic heterocycles. The zero-order chi connectivity index (χ0) is 13.5. The van der Waals surface area contributed by atoms with Crippen molar-refractivity contribution in [2.75, 3.05) is 5.32 Å². The second-order valence-electron chi connectivity index (χ2n) is 4.39. The van der Waals surface area contributed by atoms with Crippen LogP contribution in [0, 0.1) is 12.8 Å². The zero-order valence-electron chi connectivity index (χ0n) is 10.8. The van der Waals surface area contributed by atoms with Crippen molar-refractivity contribution < 1.29 is 14.7 Å². The van der Waals surface area contributed by atoms with Crippen molar-refractivity contribution in [1.29, 1.82) is 0 Å². The molecule has 0 aliphatic carbocycles. The van der Waals surface area contributed by atoms with Gasteiger partial charge in [0.15, 0.2) is 0 Å². The minimum atomic E-state index is -0.937. The third-order valence-electron chi connectivity index (χ3n) is 2.83. The van der Waals surface area contributed by atoms with Gasteiger partial charge in [-0.25, -0.2) is 0 Å². The van der Waals surface area contributed by atoms with Gasteiger partial charge >= 0.3 is 5.97 Å². The van der Waals surface area contributed by atoms with Crippen molar-refractivity contribution >= 4 is 17.6 Å². The first-order valence-corrected chi connectivity index (χ1v) is 6.13. The van der Waals surface area contributed by atoms with Crippen LogP contribution in [-0.4, -0.2) is 17.0 Å². The second kappa shape index (κ2) is 6.79. The first-order chi connectivity index (χ1) is 8.54. The fraction of sp³-hybridized carbons (Fsp3) is 0.429. The Labute approximate surface area is 107 Å². The molecule has 0 aliphatic rings. The number of benzene rings is 1. The van der Waals surface area contributed by atoms with Crippen LogP contribution in [0.2, 0.25) is 0 Å². The Bertz CT molecular complexity index is 429. The molecule has 98 valence electrons. The normalized spacial score (nSPS) is 11.9. The lowest BCUT2D eigenvalue weighted by Gasteiger charge is -2.15. The number of rotatable bonds is 6. The molecule has 0 saturated carbocycles. The number of anilines is 1. The summed E-state index contributed by atoms with van der Waals surface area (Å²) in [6.45, 7) is 3.84. The van der Waals surface area contributed by atoms with E-state index in [9.17, 15) is 9.59 Å². The molecule has 1 unspecified atom stereocenters. The minimum absolute atomic E-state index is 0.119. The predicted octanol–water partition coefficient (Wildman–Crippen LogP) is 2.82. The predicted molar refractivity (Wildman–Crippen MR) is 70.5 cm³/mol. The second-order valence-corrected chi connectivity index (χ2v) is 4.39. The molecule has 18 heavy (non-hydrogen) atoms. The van der Waals surface area contributed by atoms with E-state index in [-0.39, 0.29) is 12.3 Å². The molecule has 0 heterocycles. The Balaban J connectivity index is 2.72. The topological polar surface area (TPSA) is 66.4 Å². The van der Waals surface area contributed by atoms with Gasteiger partial charge in [-0.1, -0.05) is 31.5 Å². The van der Waals surface area contributed by atoms with E-state index >= 15 is 0 Å². The molecule has 0 spiro atoms. The Morgan fingerprint density at radius 3 is 2.56 bits per heavy atom. The third kappa shape index (κ3) is 4.20. The van der Waals surface area contributed by atoms with Gasteiger partial charge in [0.25, 0.3) is 0 Å². The van der Waals surface area contributed by atoms with Gasteiger partial charge in [0.2, 0.25) is 5.91 Å². The lowest BCUT2D eigenvalue weighted by Crippen LogP contribution is -2.25. The van der Waals surface area contributed by atoms with Crippen LogP contribution in [0.15, 0.2) is 24.3 Å². The van der Waals surface area contributed by atoms with E-state index < -0.39 is 11.9 Å². The fourth-order valence-corrected chi connectivity index (χ4v) is 1.83. The van der Waals surface area contributed by atoms with Crippen molar-refractivity contribution in [2.45, 2.75) is 33.1 Å². The summed E-state index contributed by atoms with van der Waals surface area (Å²) in [5.74, 6) is -1.62. The van der Waals surface area contributed by atoms with Crippen molar-refractivity contribution in [3.63, 3.8) is 0 Å². The first-order valence-electron chi connectivity index (χ1n) is 6.13. The Morgan fingerprint density at radius 2 is 2.00 bits per heavy atom. The summed E-state index contributed by atoms with van der Waals surface area (Å²) < 4.78 is 0. The zero-order valence-corrected chi connectivity index (χ0v) is 10.8. The number of carboxylic acid groups (broad SMARTS) is 1. The van der Waals surface area contributed by atoms with Crippen molar-refractivity contribution in [3.05, 3.63) is 29.8 Å². The molecule has 0 saturated heterocycles. The molecule has 1 aromatic carbocycles. The number of carbonyl (C=O) groups excluding carboxylic acids is 1. The van der Waals surface area contributed by atoms with Gasteiger partial charge in [0.1, 0.15) is 0 Å². The van der Waals surface area contributed by atoms with Gasteiger partial charge in [-0.05, 0) is 25.0 Å². The average Bonchev–Trinajstić information content (AvgIpc) is 2.31. The van der Waals surface area contributed by atoms with E-state index in [0.29, 0.717) is 6.42 Å². The number of aliphatic carboxylic acids is 1. The number of hydrogen-bond donors (Lipinski definition) is 2. The molecule has 0 radical (unpaired) electrons. The number of nitrogens with one attached hydrogen (secondary N) is 1. The summed E-state index contributed by atoms with van der Waals surface area (Å²) in [5.41, 5.74) is 1.71. The third-order valence-corrected chi connectivity index (χ3v) is 2.83. The lowest BCUT2D eigenvalue weighted by atomic mass is 9.98. The highest BCUT2D eigenvalue weighted by Gasteiger charge is 2.21. The van der Waals surface area contributed by atoms with Crippen LogP contribution in [0.1, 0.15) is 31.7 Å². The van der Waals surface area contributed by atoms with E-state index in [4.69, 9.17) is 5.11 Å². The van der Waals surface area contributed by atoms with Gasteiger partial charge in [-0.2, -0.15) is 0 Å². The molecule has 1 amide bonds. The maximum atomic E-state index is 12.0. The molecule has 0 bridgehead atoms. The van der Waals surface area contributed by atoms with Crippen LogP contribution < -0.4 is 5.32 Å². The lowest BCUT2D eigenvalue weighted by molar-refractivity contribution is -0.140. The SMILES string of the molecule is CCCC(CC(=O)O)C(=O)Nc1ccccc1C. The molecular formula is C14H19NO3. The summed E-state index contributed by atoms with van der Waals surface area (Å²) in [4.78, 5) is 22.7. The first kappa shape index (κ1) is 14.2. The highest BCUT2D eigenvalue weighted by atomic mass is 16.4. The van der Waals surface area contributed by atoms with E-state index in [1.54, 1.807) is 0 Å². The Hall–Kier alpha value is -1.84. The molecule has 2 N–H and O–H groups in total. The van der Waals surface area contributed by atoms with Gasteiger partial charge in [-0.15, -0.1) is 0 Å². The molecule has 1 atom stereocenters. The summed E-state index contributed by atoms with van der Waals surface area (Å²) in [7, 11) is 0. The van der Waals surface area contributed by atoms with Crippen LogP contribution in [0.5, 0.6) is 0 Å². The quantitative estimate of drug-likeness (QED) is 0.814. The van der Waals surface area contributed by atoms with E-state index in [2.05, 4.69) is 5.32 Å². The van der Waals surface area contributed by atoms with Gasteiger partial charge in [0.05, 0.1) is 6.42 Å². The fourth-order valence-electron chi connectivity index (χ4n) is 1.83. The Morgan fingerprint density at radius 1 is 1.33 bits per heavy atom. The van der Waals surface area contributed by atoms with Gasteiger partial charge in [0, 0.05) is 11.6 Å². The molecule has 1 aromatic rings. The number of hydrogen-bond acceptors (Lipinski definition) is 2. The maximum Gasteiger partial charge on any atom is 0.304 e. The number of amides is 1. The highest BCUT2D eigenvalue weighted by molar-refractivity contribution is 5.94. The number of para-hydroxylation sites is 1. The van der Waals surface area contributed by atoms with Crippen LogP contribution in [0.25, 0.3) is 0 Å². The standard InChI is InChI=1S/C14H19NO3/c1-3-6-11(9-13(16)17)14(18)15-12-8-5-4-7-10(12)2/h4-5,7-8,11H,3,6,9H2,1-2H3,(H,15,18)(H,16,17). The van der Waals surface area contributed by atoms with Crippen molar-refractivity contribution in [1.82, 2.24) is 0 Å². The molecule has 0 aromatic heterocycles. The average molecular weight is 249 g/mol. The van der Waals surface area contributed by atoms with Gasteiger partial charge in [-0.3, -0.25) is 9.59 Å².